The van der Waals surface area contributed by atoms with Crippen LogP contribution in [0.4, 0.5) is 0 Å². The number of aliphatic hydroxyl groups is 1. The summed E-state index contributed by atoms with van der Waals surface area (Å²) in [5.41, 5.74) is -1.01. The number of hydrogen-bond donors (Lipinski definition) is 3. The van der Waals surface area contributed by atoms with Gasteiger partial charge in [0, 0.05) is 13.0 Å². The lowest BCUT2D eigenvalue weighted by Crippen LogP contribution is -2.34. The van der Waals surface area contributed by atoms with Gasteiger partial charge in [0.1, 0.15) is 0 Å². The van der Waals surface area contributed by atoms with E-state index < -0.39 is 21.3 Å². The molecule has 0 saturated carbocycles. The molecule has 1 aromatic carbocycles. The van der Waals surface area contributed by atoms with Crippen molar-refractivity contribution in [1.29, 1.82) is 0 Å². The van der Waals surface area contributed by atoms with E-state index in [-0.39, 0.29) is 30.3 Å². The summed E-state index contributed by atoms with van der Waals surface area (Å²) in [5.74, 6) is 0.375. The smallest absolute Gasteiger partial charge is 0.323 e. The Morgan fingerprint density at radius 3 is 2.80 bits per heavy atom. The first kappa shape index (κ1) is 16.0. The third kappa shape index (κ3) is 2.56. The van der Waals surface area contributed by atoms with Crippen molar-refractivity contribution >= 4 is 21.1 Å². The maximum Gasteiger partial charge on any atom is 0.323 e. The van der Waals surface area contributed by atoms with Crippen LogP contribution >= 0.6 is 0 Å². The first-order chi connectivity index (χ1) is 11.8. The van der Waals surface area contributed by atoms with Gasteiger partial charge < -0.3 is 19.6 Å². The predicted molar refractivity (Wildman–Crippen MR) is 85.2 cm³/mol. The van der Waals surface area contributed by atoms with Crippen LogP contribution in [0.15, 0.2) is 32.4 Å². The molecule has 1 aliphatic rings. The highest BCUT2D eigenvalue weighted by Gasteiger charge is 2.46. The summed E-state index contributed by atoms with van der Waals surface area (Å²) in [6, 6.07) is 4.32. The molecule has 132 valence electrons. The number of nitrogens with zero attached hydrogens (tertiary/aromatic N) is 3. The highest BCUT2D eigenvalue weighted by Crippen LogP contribution is 2.34. The van der Waals surface area contributed by atoms with E-state index in [1.165, 1.54) is 22.5 Å². The van der Waals surface area contributed by atoms with Gasteiger partial charge in [-0.3, -0.25) is 0 Å². The van der Waals surface area contributed by atoms with Crippen molar-refractivity contribution in [1.82, 2.24) is 24.4 Å². The van der Waals surface area contributed by atoms with Crippen LogP contribution in [-0.2, 0) is 15.6 Å². The molecule has 3 N–H and O–H groups in total. The molecule has 1 saturated heterocycles. The zero-order valence-electron chi connectivity index (χ0n) is 13.2. The van der Waals surface area contributed by atoms with Gasteiger partial charge in [-0.15, -0.1) is 0 Å². The van der Waals surface area contributed by atoms with Crippen molar-refractivity contribution < 1.29 is 18.0 Å². The van der Waals surface area contributed by atoms with Crippen molar-refractivity contribution in [3.8, 4) is 0 Å². The van der Waals surface area contributed by atoms with Crippen molar-refractivity contribution in [2.24, 2.45) is 0 Å². The Morgan fingerprint density at radius 2 is 2.08 bits per heavy atom. The standard InChI is InChI=1S/C14H15N5O5S/c1-8-15-12(24-18-8)14(21)4-5-19(7-14)25(22,23)9-2-3-10-11(6-9)17-13(20)16-10/h2-3,6,21H,4-5,7H2,1H3,(H2,16,17,20). The van der Waals surface area contributed by atoms with Gasteiger partial charge in [-0.2, -0.15) is 9.29 Å². The number of fused-ring (bicyclic) bond motifs is 1. The zero-order chi connectivity index (χ0) is 17.8. The molecule has 1 aliphatic heterocycles. The van der Waals surface area contributed by atoms with Gasteiger partial charge in [-0.25, -0.2) is 13.2 Å². The molecule has 1 fully saturated rings. The van der Waals surface area contributed by atoms with Crippen LogP contribution in [-0.4, -0.2) is 51.0 Å². The summed E-state index contributed by atoms with van der Waals surface area (Å²) in [6.07, 6.45) is 0.150. The van der Waals surface area contributed by atoms with Gasteiger partial charge in [-0.05, 0) is 25.1 Å². The second kappa shape index (κ2) is 5.25. The van der Waals surface area contributed by atoms with Crippen LogP contribution in [0.25, 0.3) is 11.0 Å². The van der Waals surface area contributed by atoms with E-state index in [1.54, 1.807) is 6.92 Å². The monoisotopic (exact) mass is 365 g/mol. The van der Waals surface area contributed by atoms with Gasteiger partial charge in [0.25, 0.3) is 5.89 Å². The topological polar surface area (TPSA) is 145 Å². The Balaban J connectivity index is 1.67. The first-order valence-corrected chi connectivity index (χ1v) is 8.97. The Kier molecular flexibility index (Phi) is 3.36. The fraction of sp³-hybridized carbons (Fsp3) is 0.357. The quantitative estimate of drug-likeness (QED) is 0.584. The molecule has 0 aliphatic carbocycles. The number of rotatable bonds is 3. The maximum atomic E-state index is 12.9. The summed E-state index contributed by atoms with van der Waals surface area (Å²) in [5, 5.41) is 14.3. The fourth-order valence-electron chi connectivity index (χ4n) is 2.95. The highest BCUT2D eigenvalue weighted by atomic mass is 32.2. The molecule has 25 heavy (non-hydrogen) atoms. The van der Waals surface area contributed by atoms with Gasteiger partial charge in [0.15, 0.2) is 11.4 Å². The number of imidazole rings is 1. The molecule has 10 nitrogen and oxygen atoms in total. The number of hydrogen-bond acceptors (Lipinski definition) is 7. The summed E-state index contributed by atoms with van der Waals surface area (Å²) in [4.78, 5) is 20.4. The molecule has 2 aromatic heterocycles. The number of β-amino-alcohol motifs (C(OH)–C–C–N with tert-alkyl or cyclic N) is 1. The molecule has 0 amide bonds. The molecule has 1 unspecified atom stereocenters. The minimum Gasteiger partial charge on any atom is -0.379 e. The van der Waals surface area contributed by atoms with Gasteiger partial charge in [0.2, 0.25) is 10.0 Å². The normalized spacial score (nSPS) is 22.0. The van der Waals surface area contributed by atoms with E-state index in [4.69, 9.17) is 4.52 Å². The third-order valence-corrected chi connectivity index (χ3v) is 6.10. The number of H-pyrrole nitrogens is 2. The summed E-state index contributed by atoms with van der Waals surface area (Å²) < 4.78 is 31.9. The van der Waals surface area contributed by atoms with E-state index in [0.717, 1.165) is 0 Å². The second-order valence-corrected chi connectivity index (χ2v) is 7.99. The van der Waals surface area contributed by atoms with Gasteiger partial charge in [-0.1, -0.05) is 5.16 Å². The Bertz CT molecular complexity index is 1110. The van der Waals surface area contributed by atoms with Crippen LogP contribution in [0.3, 0.4) is 0 Å². The predicted octanol–water partition coefficient (Wildman–Crippen LogP) is -0.170. The molecule has 0 bridgehead atoms. The van der Waals surface area contributed by atoms with Crippen LogP contribution in [0.5, 0.6) is 0 Å². The van der Waals surface area contributed by atoms with Crippen molar-refractivity contribution in [2.45, 2.75) is 23.8 Å². The van der Waals surface area contributed by atoms with Gasteiger partial charge in [0.05, 0.1) is 22.5 Å². The number of nitrogens with one attached hydrogen (secondary N) is 2. The SMILES string of the molecule is Cc1noc(C2(O)CCN(S(=O)(=O)c3ccc4[nH]c(=O)[nH]c4c3)C2)n1. The molecule has 3 aromatic rings. The Labute approximate surface area is 141 Å². The lowest BCUT2D eigenvalue weighted by Gasteiger charge is -2.19. The van der Waals surface area contributed by atoms with E-state index in [9.17, 15) is 18.3 Å². The largest absolute Gasteiger partial charge is 0.379 e. The average molecular weight is 365 g/mol. The summed E-state index contributed by atoms with van der Waals surface area (Å²) in [6.45, 7) is 1.55. The van der Waals surface area contributed by atoms with Crippen molar-refractivity contribution in [3.05, 3.63) is 40.4 Å². The van der Waals surface area contributed by atoms with E-state index in [1.807, 2.05) is 0 Å². The number of aryl methyl sites for hydroxylation is 1. The maximum absolute atomic E-state index is 12.9. The number of benzene rings is 1. The molecule has 0 spiro atoms. The van der Waals surface area contributed by atoms with Crippen LogP contribution < -0.4 is 5.69 Å². The number of sulfonamides is 1. The molecule has 4 rings (SSSR count). The van der Waals surface area contributed by atoms with E-state index in [2.05, 4.69) is 20.1 Å². The van der Waals surface area contributed by atoms with Gasteiger partial charge >= 0.3 is 5.69 Å². The van der Waals surface area contributed by atoms with Crippen molar-refractivity contribution in [3.63, 3.8) is 0 Å². The minimum atomic E-state index is -3.85. The van der Waals surface area contributed by atoms with E-state index in [0.29, 0.717) is 16.9 Å². The Hall–Kier alpha value is -2.50. The molecule has 3 heterocycles. The second-order valence-electron chi connectivity index (χ2n) is 6.05. The van der Waals surface area contributed by atoms with Crippen LogP contribution in [0.2, 0.25) is 0 Å². The first-order valence-electron chi connectivity index (χ1n) is 7.53. The number of aromatic nitrogens is 4. The molecule has 1 atom stereocenters. The third-order valence-electron chi connectivity index (χ3n) is 4.26. The van der Waals surface area contributed by atoms with Crippen LogP contribution in [0.1, 0.15) is 18.1 Å². The average Bonchev–Trinajstić information content (AvgIpc) is 3.24. The van der Waals surface area contributed by atoms with Crippen LogP contribution in [0, 0.1) is 6.92 Å². The molecule has 11 heteroatoms. The zero-order valence-corrected chi connectivity index (χ0v) is 14.0. The summed E-state index contributed by atoms with van der Waals surface area (Å²) in [7, 11) is -3.85. The summed E-state index contributed by atoms with van der Waals surface area (Å²) >= 11 is 0. The lowest BCUT2D eigenvalue weighted by atomic mass is 10.0. The Morgan fingerprint density at radius 1 is 1.32 bits per heavy atom. The lowest BCUT2D eigenvalue weighted by molar-refractivity contribution is 0.0194. The van der Waals surface area contributed by atoms with Crippen molar-refractivity contribution in [2.75, 3.05) is 13.1 Å². The minimum absolute atomic E-state index is 0.00752. The number of aromatic amines is 2. The molecular formula is C14H15N5O5S. The van der Waals surface area contributed by atoms with E-state index >= 15 is 0 Å². The molecule has 0 radical (unpaired) electrons. The fourth-order valence-corrected chi connectivity index (χ4v) is 4.47. The highest BCUT2D eigenvalue weighted by molar-refractivity contribution is 7.89. The molecular weight excluding hydrogens is 350 g/mol.